The van der Waals surface area contributed by atoms with Crippen LogP contribution in [-0.4, -0.2) is 37.7 Å². The van der Waals surface area contributed by atoms with Crippen molar-refractivity contribution in [2.75, 3.05) is 29.0 Å². The lowest BCUT2D eigenvalue weighted by atomic mass is 10.1. The third-order valence-corrected chi connectivity index (χ3v) is 5.54. The molecule has 0 bridgehead atoms. The SMILES string of the molecule is CCN(CC)c1cc(-c2nc(-c3cccc(NS(C)(=O)=O)c3)cs2)ccn1. The second-order valence-electron chi connectivity index (χ2n) is 6.07. The number of rotatable bonds is 7. The maximum absolute atomic E-state index is 11.4. The summed E-state index contributed by atoms with van der Waals surface area (Å²) in [5, 5.41) is 2.88. The van der Waals surface area contributed by atoms with Crippen LogP contribution in [-0.2, 0) is 10.0 Å². The molecule has 3 rings (SSSR count). The molecule has 142 valence electrons. The Hall–Kier alpha value is -2.45. The predicted molar refractivity (Wildman–Crippen MR) is 113 cm³/mol. The molecule has 1 N–H and O–H groups in total. The Morgan fingerprint density at radius 2 is 1.89 bits per heavy atom. The molecule has 2 aromatic heterocycles. The zero-order valence-corrected chi connectivity index (χ0v) is 17.1. The molecule has 0 spiro atoms. The van der Waals surface area contributed by atoms with Crippen molar-refractivity contribution < 1.29 is 8.42 Å². The van der Waals surface area contributed by atoms with Crippen LogP contribution in [0.15, 0.2) is 48.0 Å². The second-order valence-corrected chi connectivity index (χ2v) is 8.67. The van der Waals surface area contributed by atoms with E-state index >= 15 is 0 Å². The van der Waals surface area contributed by atoms with Gasteiger partial charge in [-0.05, 0) is 38.1 Å². The number of pyridine rings is 1. The smallest absolute Gasteiger partial charge is 0.229 e. The third-order valence-electron chi connectivity index (χ3n) is 4.05. The number of anilines is 2. The molecule has 0 atom stereocenters. The van der Waals surface area contributed by atoms with Gasteiger partial charge in [0, 0.05) is 41.5 Å². The highest BCUT2D eigenvalue weighted by atomic mass is 32.2. The first-order chi connectivity index (χ1) is 12.9. The zero-order chi connectivity index (χ0) is 19.4. The normalized spacial score (nSPS) is 11.4. The number of thiazole rings is 1. The number of sulfonamides is 1. The minimum Gasteiger partial charge on any atom is -0.357 e. The molecule has 0 aliphatic heterocycles. The molecule has 0 saturated carbocycles. The summed E-state index contributed by atoms with van der Waals surface area (Å²) in [6.45, 7) is 6.01. The van der Waals surface area contributed by atoms with E-state index in [1.807, 2.05) is 23.6 Å². The lowest BCUT2D eigenvalue weighted by Gasteiger charge is -2.19. The van der Waals surface area contributed by atoms with E-state index in [0.717, 1.165) is 47.0 Å². The van der Waals surface area contributed by atoms with Gasteiger partial charge in [0.25, 0.3) is 0 Å². The summed E-state index contributed by atoms with van der Waals surface area (Å²) in [5.41, 5.74) is 3.23. The summed E-state index contributed by atoms with van der Waals surface area (Å²) in [6, 6.07) is 11.2. The Morgan fingerprint density at radius 3 is 2.59 bits per heavy atom. The molecular weight excluding hydrogens is 380 g/mol. The number of aromatic nitrogens is 2. The van der Waals surface area contributed by atoms with Crippen LogP contribution in [0.4, 0.5) is 11.5 Å². The van der Waals surface area contributed by atoms with Crippen LogP contribution >= 0.6 is 11.3 Å². The average molecular weight is 403 g/mol. The van der Waals surface area contributed by atoms with Gasteiger partial charge >= 0.3 is 0 Å². The van der Waals surface area contributed by atoms with E-state index in [1.54, 1.807) is 29.7 Å². The maximum Gasteiger partial charge on any atom is 0.229 e. The van der Waals surface area contributed by atoms with Gasteiger partial charge in [0.15, 0.2) is 0 Å². The molecular formula is C19H22N4O2S2. The summed E-state index contributed by atoms with van der Waals surface area (Å²) in [7, 11) is -3.31. The van der Waals surface area contributed by atoms with Crippen molar-refractivity contribution in [3.05, 3.63) is 48.0 Å². The monoisotopic (exact) mass is 402 g/mol. The Morgan fingerprint density at radius 1 is 1.11 bits per heavy atom. The molecule has 8 heteroatoms. The highest BCUT2D eigenvalue weighted by Gasteiger charge is 2.11. The van der Waals surface area contributed by atoms with Crippen molar-refractivity contribution in [2.24, 2.45) is 0 Å². The Balaban J connectivity index is 1.90. The van der Waals surface area contributed by atoms with E-state index in [9.17, 15) is 8.42 Å². The summed E-state index contributed by atoms with van der Waals surface area (Å²) in [4.78, 5) is 11.4. The van der Waals surface area contributed by atoms with Crippen molar-refractivity contribution in [1.82, 2.24) is 9.97 Å². The van der Waals surface area contributed by atoms with Crippen LogP contribution in [0.2, 0.25) is 0 Å². The summed E-state index contributed by atoms with van der Waals surface area (Å²) in [5.74, 6) is 0.939. The fourth-order valence-corrected chi connectivity index (χ4v) is 4.15. The van der Waals surface area contributed by atoms with Gasteiger partial charge in [-0.1, -0.05) is 12.1 Å². The topological polar surface area (TPSA) is 75.2 Å². The van der Waals surface area contributed by atoms with Crippen molar-refractivity contribution in [3.63, 3.8) is 0 Å². The van der Waals surface area contributed by atoms with Crippen LogP contribution in [0.1, 0.15) is 13.8 Å². The largest absolute Gasteiger partial charge is 0.357 e. The molecule has 6 nitrogen and oxygen atoms in total. The standard InChI is InChI=1S/C19H22N4O2S2/c1-4-23(5-2)18-12-15(9-10-20-18)19-21-17(13-26-19)14-7-6-8-16(11-14)22-27(3,24)25/h6-13,22H,4-5H2,1-3H3. The fourth-order valence-electron chi connectivity index (χ4n) is 2.77. The van der Waals surface area contributed by atoms with Gasteiger partial charge in [0.2, 0.25) is 10.0 Å². The van der Waals surface area contributed by atoms with E-state index < -0.39 is 10.0 Å². The Bertz CT molecular complexity index is 1030. The van der Waals surface area contributed by atoms with E-state index in [1.165, 1.54) is 0 Å². The summed E-state index contributed by atoms with van der Waals surface area (Å²) in [6.07, 6.45) is 2.94. The molecule has 0 aliphatic carbocycles. The van der Waals surface area contributed by atoms with Crippen molar-refractivity contribution in [3.8, 4) is 21.8 Å². The molecule has 0 amide bonds. The molecule has 2 heterocycles. The van der Waals surface area contributed by atoms with Crippen LogP contribution in [0.3, 0.4) is 0 Å². The van der Waals surface area contributed by atoms with Crippen LogP contribution in [0.5, 0.6) is 0 Å². The lowest BCUT2D eigenvalue weighted by molar-refractivity contribution is 0.607. The van der Waals surface area contributed by atoms with Gasteiger partial charge in [-0.2, -0.15) is 0 Å². The molecule has 0 aliphatic rings. The van der Waals surface area contributed by atoms with Crippen molar-refractivity contribution >= 4 is 32.9 Å². The third kappa shape index (κ3) is 4.84. The molecule has 27 heavy (non-hydrogen) atoms. The second kappa shape index (κ2) is 8.06. The van der Waals surface area contributed by atoms with Gasteiger partial charge in [-0.25, -0.2) is 18.4 Å². The van der Waals surface area contributed by atoms with E-state index in [-0.39, 0.29) is 0 Å². The van der Waals surface area contributed by atoms with Gasteiger partial charge in [0.1, 0.15) is 10.8 Å². The first-order valence-electron chi connectivity index (χ1n) is 8.64. The fraction of sp³-hybridized carbons (Fsp3) is 0.263. The lowest BCUT2D eigenvalue weighted by Crippen LogP contribution is -2.22. The average Bonchev–Trinajstić information content (AvgIpc) is 3.12. The van der Waals surface area contributed by atoms with Gasteiger partial charge in [-0.3, -0.25) is 4.72 Å². The van der Waals surface area contributed by atoms with Crippen molar-refractivity contribution in [1.29, 1.82) is 0 Å². The molecule has 0 unspecified atom stereocenters. The quantitative estimate of drug-likeness (QED) is 0.644. The highest BCUT2D eigenvalue weighted by Crippen LogP contribution is 2.31. The van der Waals surface area contributed by atoms with Gasteiger partial charge in [-0.15, -0.1) is 11.3 Å². The minimum absolute atomic E-state index is 0.525. The number of hydrogen-bond acceptors (Lipinski definition) is 6. The number of benzene rings is 1. The Kier molecular flexibility index (Phi) is 5.76. The maximum atomic E-state index is 11.4. The predicted octanol–water partition coefficient (Wildman–Crippen LogP) is 4.09. The first-order valence-corrected chi connectivity index (χ1v) is 11.4. The van der Waals surface area contributed by atoms with Crippen LogP contribution < -0.4 is 9.62 Å². The zero-order valence-electron chi connectivity index (χ0n) is 15.5. The number of nitrogens with zero attached hydrogens (tertiary/aromatic N) is 3. The molecule has 3 aromatic rings. The molecule has 0 radical (unpaired) electrons. The first kappa shape index (κ1) is 19.3. The Labute approximate surface area is 164 Å². The van der Waals surface area contributed by atoms with E-state index in [0.29, 0.717) is 5.69 Å². The van der Waals surface area contributed by atoms with Gasteiger partial charge in [0.05, 0.1) is 11.9 Å². The van der Waals surface area contributed by atoms with E-state index in [2.05, 4.69) is 34.5 Å². The molecule has 1 aromatic carbocycles. The summed E-state index contributed by atoms with van der Waals surface area (Å²) >= 11 is 1.56. The van der Waals surface area contributed by atoms with E-state index in [4.69, 9.17) is 4.98 Å². The highest BCUT2D eigenvalue weighted by molar-refractivity contribution is 7.92. The minimum atomic E-state index is -3.31. The molecule has 0 saturated heterocycles. The van der Waals surface area contributed by atoms with Gasteiger partial charge < -0.3 is 4.90 Å². The van der Waals surface area contributed by atoms with Crippen LogP contribution in [0, 0.1) is 0 Å². The van der Waals surface area contributed by atoms with Crippen LogP contribution in [0.25, 0.3) is 21.8 Å². The number of nitrogens with one attached hydrogen (secondary N) is 1. The molecule has 0 fully saturated rings. The number of hydrogen-bond donors (Lipinski definition) is 1. The summed E-state index contributed by atoms with van der Waals surface area (Å²) < 4.78 is 25.4. The van der Waals surface area contributed by atoms with Crippen molar-refractivity contribution in [2.45, 2.75) is 13.8 Å².